The molecule has 0 spiro atoms. The predicted octanol–water partition coefficient (Wildman–Crippen LogP) is 2.29. The van der Waals surface area contributed by atoms with E-state index in [0.717, 1.165) is 12.0 Å². The van der Waals surface area contributed by atoms with Crippen LogP contribution in [-0.4, -0.2) is 29.7 Å². The molecule has 0 radical (unpaired) electrons. The highest BCUT2D eigenvalue weighted by Crippen LogP contribution is 2.19. The Morgan fingerprint density at radius 1 is 1.29 bits per heavy atom. The van der Waals surface area contributed by atoms with E-state index in [1.54, 1.807) is 29.2 Å². The van der Waals surface area contributed by atoms with Gasteiger partial charge in [0.25, 0.3) is 5.91 Å². The van der Waals surface area contributed by atoms with Crippen molar-refractivity contribution in [3.05, 3.63) is 47.5 Å². The van der Waals surface area contributed by atoms with Crippen LogP contribution in [-0.2, 0) is 0 Å². The van der Waals surface area contributed by atoms with Crippen LogP contribution in [0.2, 0.25) is 0 Å². The molecule has 0 unspecified atom stereocenters. The Morgan fingerprint density at radius 2 is 1.94 bits per heavy atom. The van der Waals surface area contributed by atoms with Crippen molar-refractivity contribution in [1.29, 1.82) is 0 Å². The van der Waals surface area contributed by atoms with Gasteiger partial charge in [0.15, 0.2) is 5.78 Å². The molecule has 88 valence electrons. The summed E-state index contributed by atoms with van der Waals surface area (Å²) in [4.78, 5) is 25.6. The second-order valence-corrected chi connectivity index (χ2v) is 4.23. The molecule has 0 aromatic heterocycles. The molecule has 2 rings (SSSR count). The topological polar surface area (TPSA) is 37.4 Å². The molecule has 0 saturated heterocycles. The molecule has 1 aliphatic rings. The largest absolute Gasteiger partial charge is 0.327 e. The summed E-state index contributed by atoms with van der Waals surface area (Å²) >= 11 is 0. The van der Waals surface area contributed by atoms with Crippen molar-refractivity contribution >= 4 is 11.7 Å². The highest BCUT2D eigenvalue weighted by Gasteiger charge is 2.29. The van der Waals surface area contributed by atoms with Crippen LogP contribution in [0.25, 0.3) is 0 Å². The van der Waals surface area contributed by atoms with E-state index in [1.807, 2.05) is 6.92 Å². The Labute approximate surface area is 101 Å². The normalized spacial score (nSPS) is 14.8. The molecule has 0 aliphatic carbocycles. The van der Waals surface area contributed by atoms with Crippen molar-refractivity contribution in [2.24, 2.45) is 0 Å². The second-order valence-electron chi connectivity index (χ2n) is 4.23. The number of benzene rings is 1. The lowest BCUT2D eigenvalue weighted by atomic mass is 9.97. The molecule has 0 fully saturated rings. The Kier molecular flexibility index (Phi) is 3.09. The summed E-state index contributed by atoms with van der Waals surface area (Å²) in [5.74, 6) is -0.0705. The van der Waals surface area contributed by atoms with Gasteiger partial charge in [0, 0.05) is 12.1 Å². The molecule has 3 heteroatoms. The number of Topliss-reactive ketones (excluding diaryl/α,β-unsaturated/α-hetero) is 1. The van der Waals surface area contributed by atoms with Gasteiger partial charge in [-0.2, -0.15) is 0 Å². The number of carbonyl (C=O) groups excluding carboxylic acids is 2. The van der Waals surface area contributed by atoms with Gasteiger partial charge >= 0.3 is 0 Å². The van der Waals surface area contributed by atoms with Gasteiger partial charge in [-0.05, 0) is 12.5 Å². The summed E-state index contributed by atoms with van der Waals surface area (Å²) in [6.45, 7) is 6.50. The molecule has 0 saturated carbocycles. The monoisotopic (exact) mass is 229 g/mol. The maximum Gasteiger partial charge on any atom is 0.255 e. The molecule has 3 nitrogen and oxygen atoms in total. The molecule has 1 amide bonds. The lowest BCUT2D eigenvalue weighted by Gasteiger charge is -2.28. The fourth-order valence-electron chi connectivity index (χ4n) is 1.92. The molecule has 1 aromatic carbocycles. The van der Waals surface area contributed by atoms with Gasteiger partial charge in [-0.15, -0.1) is 0 Å². The molecule has 17 heavy (non-hydrogen) atoms. The first kappa shape index (κ1) is 11.6. The number of hydrogen-bond donors (Lipinski definition) is 0. The van der Waals surface area contributed by atoms with Gasteiger partial charge in [-0.25, -0.2) is 0 Å². The highest BCUT2D eigenvalue weighted by molar-refractivity contribution is 6.13. The van der Waals surface area contributed by atoms with Crippen LogP contribution in [0.15, 0.2) is 36.4 Å². The van der Waals surface area contributed by atoms with E-state index < -0.39 is 0 Å². The minimum Gasteiger partial charge on any atom is -0.327 e. The quantitative estimate of drug-likeness (QED) is 0.746. The van der Waals surface area contributed by atoms with E-state index in [-0.39, 0.29) is 18.2 Å². The van der Waals surface area contributed by atoms with Crippen LogP contribution in [0, 0.1) is 0 Å². The van der Waals surface area contributed by atoms with Crippen LogP contribution in [0.4, 0.5) is 0 Å². The molecule has 0 N–H and O–H groups in total. The van der Waals surface area contributed by atoms with Gasteiger partial charge < -0.3 is 4.90 Å². The van der Waals surface area contributed by atoms with E-state index in [4.69, 9.17) is 0 Å². The number of hydrogen-bond acceptors (Lipinski definition) is 2. The van der Waals surface area contributed by atoms with Crippen molar-refractivity contribution in [2.75, 3.05) is 13.1 Å². The van der Waals surface area contributed by atoms with E-state index in [2.05, 4.69) is 6.58 Å². The van der Waals surface area contributed by atoms with Crippen LogP contribution in [0.1, 0.15) is 34.1 Å². The van der Waals surface area contributed by atoms with Gasteiger partial charge in [0.1, 0.15) is 0 Å². The maximum atomic E-state index is 12.1. The third-order valence-electron chi connectivity index (χ3n) is 2.99. The number of ketones is 1. The lowest BCUT2D eigenvalue weighted by Crippen LogP contribution is -2.42. The smallest absolute Gasteiger partial charge is 0.255 e. The lowest BCUT2D eigenvalue weighted by molar-refractivity contribution is 0.0694. The molecule has 1 aromatic rings. The third-order valence-corrected chi connectivity index (χ3v) is 2.99. The van der Waals surface area contributed by atoms with Crippen molar-refractivity contribution in [2.45, 2.75) is 13.3 Å². The zero-order valence-electron chi connectivity index (χ0n) is 9.90. The number of carbonyl (C=O) groups is 2. The molecule has 0 atom stereocenters. The van der Waals surface area contributed by atoms with Crippen LogP contribution >= 0.6 is 0 Å². The summed E-state index contributed by atoms with van der Waals surface area (Å²) in [7, 11) is 0. The summed E-state index contributed by atoms with van der Waals surface area (Å²) < 4.78 is 0. The van der Waals surface area contributed by atoms with Crippen LogP contribution in [0.3, 0.4) is 0 Å². The molecule has 1 heterocycles. The fraction of sp³-hybridized carbons (Fsp3) is 0.286. The molecule has 0 bridgehead atoms. The number of fused-ring (bicyclic) bond motifs is 1. The van der Waals surface area contributed by atoms with Gasteiger partial charge in [0.2, 0.25) is 0 Å². The van der Waals surface area contributed by atoms with E-state index in [1.165, 1.54) is 0 Å². The van der Waals surface area contributed by atoms with E-state index >= 15 is 0 Å². The summed E-state index contributed by atoms with van der Waals surface area (Å²) in [6.07, 6.45) is 0.819. The van der Waals surface area contributed by atoms with Crippen molar-refractivity contribution < 1.29 is 9.59 Å². The summed E-state index contributed by atoms with van der Waals surface area (Å²) in [5.41, 5.74) is 2.01. The van der Waals surface area contributed by atoms with Crippen molar-refractivity contribution in [1.82, 2.24) is 4.90 Å². The SMILES string of the molecule is C=C(CC)CN1CC(=O)c2ccccc2C1=O. The summed E-state index contributed by atoms with van der Waals surface area (Å²) in [5, 5.41) is 0. The average Bonchev–Trinajstić information content (AvgIpc) is 2.35. The van der Waals surface area contributed by atoms with Crippen molar-refractivity contribution in [3.63, 3.8) is 0 Å². The minimum atomic E-state index is -0.0743. The molecule has 1 aliphatic heterocycles. The van der Waals surface area contributed by atoms with Gasteiger partial charge in [-0.3, -0.25) is 9.59 Å². The number of amides is 1. The Balaban J connectivity index is 2.30. The zero-order valence-corrected chi connectivity index (χ0v) is 9.90. The van der Waals surface area contributed by atoms with E-state index in [9.17, 15) is 9.59 Å². The minimum absolute atomic E-state index is 0.00380. The zero-order chi connectivity index (χ0) is 12.4. The predicted molar refractivity (Wildman–Crippen MR) is 66.1 cm³/mol. The second kappa shape index (κ2) is 4.53. The third kappa shape index (κ3) is 2.13. The first-order valence-corrected chi connectivity index (χ1v) is 5.71. The Bertz CT molecular complexity index is 491. The Morgan fingerprint density at radius 3 is 2.59 bits per heavy atom. The Hall–Kier alpha value is -1.90. The average molecular weight is 229 g/mol. The molecular weight excluding hydrogens is 214 g/mol. The van der Waals surface area contributed by atoms with Gasteiger partial charge in [-0.1, -0.05) is 37.3 Å². The van der Waals surface area contributed by atoms with Crippen LogP contribution in [0.5, 0.6) is 0 Å². The van der Waals surface area contributed by atoms with Gasteiger partial charge in [0.05, 0.1) is 12.1 Å². The van der Waals surface area contributed by atoms with Crippen molar-refractivity contribution in [3.8, 4) is 0 Å². The van der Waals surface area contributed by atoms with Crippen LogP contribution < -0.4 is 0 Å². The first-order valence-electron chi connectivity index (χ1n) is 5.71. The standard InChI is InChI=1S/C14H15NO2/c1-3-10(2)8-15-9-13(16)11-6-4-5-7-12(11)14(15)17/h4-7H,2-3,8-9H2,1H3. The fourth-order valence-corrected chi connectivity index (χ4v) is 1.92. The number of rotatable bonds is 3. The number of nitrogens with zero attached hydrogens (tertiary/aromatic N) is 1. The first-order chi connectivity index (χ1) is 8.13. The highest BCUT2D eigenvalue weighted by atomic mass is 16.2. The molecular formula is C14H15NO2. The maximum absolute atomic E-state index is 12.1. The summed E-state index contributed by atoms with van der Waals surface area (Å²) in [6, 6.07) is 6.98. The van der Waals surface area contributed by atoms with E-state index in [0.29, 0.717) is 17.7 Å².